The van der Waals surface area contributed by atoms with Crippen molar-refractivity contribution in [1.29, 1.82) is 0 Å². The Morgan fingerprint density at radius 3 is 2.55 bits per heavy atom. The number of anilines is 1. The van der Waals surface area contributed by atoms with Crippen molar-refractivity contribution >= 4 is 39.3 Å². The van der Waals surface area contributed by atoms with Crippen LogP contribution in [0.1, 0.15) is 36.6 Å². The molecule has 1 aliphatic heterocycles. The zero-order chi connectivity index (χ0) is 22.9. The minimum absolute atomic E-state index is 0.00364. The first-order valence-corrected chi connectivity index (χ1v) is 11.6. The van der Waals surface area contributed by atoms with E-state index < -0.39 is 22.2 Å². The Bertz CT molecular complexity index is 1130. The number of fused-ring (bicyclic) bond motifs is 1. The molecule has 2 aromatic carbocycles. The minimum atomic E-state index is -4.09. The highest BCUT2D eigenvalue weighted by Crippen LogP contribution is 2.39. The lowest BCUT2D eigenvalue weighted by Gasteiger charge is -2.38. The first kappa shape index (κ1) is 23.1. The van der Waals surface area contributed by atoms with Crippen LogP contribution in [0, 0.1) is 5.92 Å². The maximum atomic E-state index is 12.6. The SMILES string of the molecule is CC(C)C1c2cc(NC(=O)Cc3ccccc3Cl)cc(S(N)(=O)=O)c2CCN1C(=O)O. The van der Waals surface area contributed by atoms with Gasteiger partial charge in [-0.05, 0) is 47.2 Å². The number of halogens is 1. The Hall–Kier alpha value is -2.62. The van der Waals surface area contributed by atoms with E-state index in [1.807, 2.05) is 13.8 Å². The number of hydrogen-bond acceptors (Lipinski definition) is 4. The molecule has 0 aromatic heterocycles. The van der Waals surface area contributed by atoms with Gasteiger partial charge in [0.2, 0.25) is 15.9 Å². The second kappa shape index (κ2) is 8.86. The lowest BCUT2D eigenvalue weighted by molar-refractivity contribution is -0.115. The molecule has 1 atom stereocenters. The summed E-state index contributed by atoms with van der Waals surface area (Å²) in [4.78, 5) is 25.5. The maximum absolute atomic E-state index is 12.6. The molecule has 2 amide bonds. The van der Waals surface area contributed by atoms with Crippen LogP contribution >= 0.6 is 11.6 Å². The topological polar surface area (TPSA) is 130 Å². The number of primary sulfonamides is 1. The van der Waals surface area contributed by atoms with Gasteiger partial charge in [0.15, 0.2) is 0 Å². The first-order valence-electron chi connectivity index (χ1n) is 9.71. The average molecular weight is 466 g/mol. The molecule has 1 heterocycles. The number of sulfonamides is 1. The fourth-order valence-corrected chi connectivity index (χ4v) is 5.07. The highest BCUT2D eigenvalue weighted by Gasteiger charge is 2.36. The summed E-state index contributed by atoms with van der Waals surface area (Å²) in [5.74, 6) is -0.516. The van der Waals surface area contributed by atoms with E-state index in [1.165, 1.54) is 11.0 Å². The van der Waals surface area contributed by atoms with Crippen LogP contribution in [0.2, 0.25) is 5.02 Å². The lowest BCUT2D eigenvalue weighted by atomic mass is 9.86. The van der Waals surface area contributed by atoms with Crippen LogP contribution in [0.5, 0.6) is 0 Å². The Morgan fingerprint density at radius 2 is 1.97 bits per heavy atom. The van der Waals surface area contributed by atoms with Gasteiger partial charge in [-0.25, -0.2) is 18.4 Å². The Balaban J connectivity index is 2.03. The van der Waals surface area contributed by atoms with E-state index in [4.69, 9.17) is 16.7 Å². The number of amides is 2. The normalized spacial score (nSPS) is 16.2. The second-order valence-electron chi connectivity index (χ2n) is 7.82. The van der Waals surface area contributed by atoms with Crippen LogP contribution in [0.15, 0.2) is 41.3 Å². The zero-order valence-electron chi connectivity index (χ0n) is 17.1. The Morgan fingerprint density at radius 1 is 1.29 bits per heavy atom. The molecule has 2 aromatic rings. The first-order chi connectivity index (χ1) is 14.5. The van der Waals surface area contributed by atoms with Crippen LogP contribution in [-0.2, 0) is 27.7 Å². The van der Waals surface area contributed by atoms with Gasteiger partial charge < -0.3 is 15.3 Å². The largest absolute Gasteiger partial charge is 0.465 e. The van der Waals surface area contributed by atoms with Crippen LogP contribution in [0.25, 0.3) is 0 Å². The van der Waals surface area contributed by atoms with Crippen molar-refractivity contribution < 1.29 is 23.1 Å². The van der Waals surface area contributed by atoms with Crippen molar-refractivity contribution in [2.24, 2.45) is 11.1 Å². The zero-order valence-corrected chi connectivity index (χ0v) is 18.7. The number of carbonyl (C=O) groups is 2. The fourth-order valence-electron chi connectivity index (χ4n) is 4.02. The molecule has 0 radical (unpaired) electrons. The van der Waals surface area contributed by atoms with Crippen molar-refractivity contribution in [1.82, 2.24) is 4.90 Å². The van der Waals surface area contributed by atoms with Crippen LogP contribution in [-0.4, -0.2) is 37.0 Å². The molecule has 31 heavy (non-hydrogen) atoms. The molecule has 1 unspecified atom stereocenters. The van der Waals surface area contributed by atoms with E-state index in [0.717, 1.165) is 0 Å². The van der Waals surface area contributed by atoms with E-state index in [9.17, 15) is 23.1 Å². The van der Waals surface area contributed by atoms with Gasteiger partial charge in [-0.15, -0.1) is 0 Å². The molecule has 0 aliphatic carbocycles. The second-order valence-corrected chi connectivity index (χ2v) is 9.76. The number of nitrogens with two attached hydrogens (primary N) is 1. The average Bonchev–Trinajstić information content (AvgIpc) is 2.67. The summed E-state index contributed by atoms with van der Waals surface area (Å²) in [6, 6.07) is 9.31. The van der Waals surface area contributed by atoms with Gasteiger partial charge in [-0.2, -0.15) is 0 Å². The third-order valence-electron chi connectivity index (χ3n) is 5.28. The van der Waals surface area contributed by atoms with E-state index in [-0.39, 0.29) is 41.8 Å². The van der Waals surface area contributed by atoms with Crippen LogP contribution in [0.3, 0.4) is 0 Å². The third-order valence-corrected chi connectivity index (χ3v) is 6.62. The number of carboxylic acid groups (broad SMARTS) is 1. The fraction of sp³-hybridized carbons (Fsp3) is 0.333. The molecule has 0 fully saturated rings. The quantitative estimate of drug-likeness (QED) is 0.623. The molecule has 0 saturated heterocycles. The van der Waals surface area contributed by atoms with Gasteiger partial charge in [-0.3, -0.25) is 4.79 Å². The van der Waals surface area contributed by atoms with Crippen LogP contribution in [0.4, 0.5) is 10.5 Å². The highest BCUT2D eigenvalue weighted by molar-refractivity contribution is 7.89. The van der Waals surface area contributed by atoms with Crippen molar-refractivity contribution in [3.05, 3.63) is 58.1 Å². The van der Waals surface area contributed by atoms with Crippen molar-refractivity contribution in [2.45, 2.75) is 37.6 Å². The molecular weight excluding hydrogens is 442 g/mol. The minimum Gasteiger partial charge on any atom is -0.465 e. The smallest absolute Gasteiger partial charge is 0.407 e. The summed E-state index contributed by atoms with van der Waals surface area (Å²) in [6.07, 6.45) is -0.879. The molecule has 3 rings (SSSR count). The molecule has 0 bridgehead atoms. The van der Waals surface area contributed by atoms with Crippen molar-refractivity contribution in [3.63, 3.8) is 0 Å². The van der Waals surface area contributed by atoms with Gasteiger partial charge in [0.05, 0.1) is 17.4 Å². The number of nitrogens with one attached hydrogen (secondary N) is 1. The summed E-state index contributed by atoms with van der Waals surface area (Å²) in [5, 5.41) is 18.2. The third kappa shape index (κ3) is 5.00. The predicted octanol–water partition coefficient (Wildman–Crippen LogP) is 3.40. The van der Waals surface area contributed by atoms with Gasteiger partial charge in [0, 0.05) is 17.3 Å². The summed E-state index contributed by atoms with van der Waals surface area (Å²) in [6.45, 7) is 3.87. The van der Waals surface area contributed by atoms with Crippen molar-refractivity contribution in [2.75, 3.05) is 11.9 Å². The number of benzene rings is 2. The van der Waals surface area contributed by atoms with Gasteiger partial charge >= 0.3 is 6.09 Å². The molecule has 4 N–H and O–H groups in total. The standard InChI is InChI=1S/C21H24ClN3O5S/c1-12(2)20-16-10-14(24-19(26)9-13-5-3-4-6-17(13)22)11-18(31(23,29)30)15(16)7-8-25(20)21(27)28/h3-6,10-12,20H,7-9H2,1-2H3,(H,24,26)(H,27,28)(H2,23,29,30). The number of nitrogens with zero attached hydrogens (tertiary/aromatic N) is 1. The molecule has 0 saturated carbocycles. The Labute approximate surface area is 186 Å². The summed E-state index contributed by atoms with van der Waals surface area (Å²) < 4.78 is 24.6. The van der Waals surface area contributed by atoms with E-state index in [0.29, 0.717) is 21.7 Å². The highest BCUT2D eigenvalue weighted by atomic mass is 35.5. The van der Waals surface area contributed by atoms with E-state index >= 15 is 0 Å². The number of rotatable bonds is 5. The molecular formula is C21H24ClN3O5S. The van der Waals surface area contributed by atoms with Gasteiger partial charge in [0.1, 0.15) is 0 Å². The molecule has 0 spiro atoms. The monoisotopic (exact) mass is 465 g/mol. The summed E-state index contributed by atoms with van der Waals surface area (Å²) in [5.41, 5.74) is 1.88. The molecule has 166 valence electrons. The van der Waals surface area contributed by atoms with E-state index in [1.54, 1.807) is 30.3 Å². The molecule has 1 aliphatic rings. The van der Waals surface area contributed by atoms with Gasteiger partial charge in [0.25, 0.3) is 0 Å². The van der Waals surface area contributed by atoms with Crippen molar-refractivity contribution in [3.8, 4) is 0 Å². The number of hydrogen-bond donors (Lipinski definition) is 3. The van der Waals surface area contributed by atoms with E-state index in [2.05, 4.69) is 5.32 Å². The molecule has 8 nitrogen and oxygen atoms in total. The predicted molar refractivity (Wildman–Crippen MR) is 118 cm³/mol. The van der Waals surface area contributed by atoms with Gasteiger partial charge in [-0.1, -0.05) is 43.6 Å². The Kier molecular flexibility index (Phi) is 6.59. The molecule has 10 heteroatoms. The summed E-state index contributed by atoms with van der Waals surface area (Å²) in [7, 11) is -4.09. The number of carbonyl (C=O) groups excluding carboxylic acids is 1. The maximum Gasteiger partial charge on any atom is 0.407 e. The lowest BCUT2D eigenvalue weighted by Crippen LogP contribution is -2.42. The van der Waals surface area contributed by atoms with Crippen LogP contribution < -0.4 is 10.5 Å². The summed E-state index contributed by atoms with van der Waals surface area (Å²) >= 11 is 6.11.